The maximum absolute atomic E-state index is 11.0. The van der Waals surface area contributed by atoms with E-state index >= 15 is 0 Å². The van der Waals surface area contributed by atoms with E-state index in [0.717, 1.165) is 22.6 Å². The SMILES string of the molecule is CCC(CNc1c(C)cc(C)cc1OC)C(=O)O. The fourth-order valence-electron chi connectivity index (χ4n) is 1.95. The van der Waals surface area contributed by atoms with Crippen LogP contribution in [0.1, 0.15) is 24.5 Å². The summed E-state index contributed by atoms with van der Waals surface area (Å²) in [6.07, 6.45) is 0.607. The highest BCUT2D eigenvalue weighted by Crippen LogP contribution is 2.29. The maximum Gasteiger partial charge on any atom is 0.308 e. The molecule has 0 aliphatic heterocycles. The van der Waals surface area contributed by atoms with Gasteiger partial charge in [0.05, 0.1) is 18.7 Å². The molecule has 100 valence electrons. The van der Waals surface area contributed by atoms with Crippen LogP contribution < -0.4 is 10.1 Å². The van der Waals surface area contributed by atoms with Gasteiger partial charge in [0.1, 0.15) is 5.75 Å². The van der Waals surface area contributed by atoms with Gasteiger partial charge in [0.15, 0.2) is 0 Å². The Morgan fingerprint density at radius 1 is 1.44 bits per heavy atom. The average molecular weight is 251 g/mol. The molecule has 0 radical (unpaired) electrons. The van der Waals surface area contributed by atoms with Gasteiger partial charge < -0.3 is 15.2 Å². The zero-order valence-electron chi connectivity index (χ0n) is 11.4. The number of carboxylic acids is 1. The lowest BCUT2D eigenvalue weighted by molar-refractivity contribution is -0.141. The number of benzene rings is 1. The lowest BCUT2D eigenvalue weighted by Gasteiger charge is -2.17. The first-order valence-corrected chi connectivity index (χ1v) is 6.11. The molecular formula is C14H21NO3. The van der Waals surface area contributed by atoms with E-state index in [1.807, 2.05) is 32.9 Å². The molecule has 0 aromatic heterocycles. The third-order valence-electron chi connectivity index (χ3n) is 3.03. The molecule has 1 atom stereocenters. The highest BCUT2D eigenvalue weighted by molar-refractivity contribution is 5.71. The van der Waals surface area contributed by atoms with Crippen LogP contribution in [0.15, 0.2) is 12.1 Å². The second-order valence-corrected chi connectivity index (χ2v) is 4.48. The monoisotopic (exact) mass is 251 g/mol. The Hall–Kier alpha value is -1.71. The summed E-state index contributed by atoms with van der Waals surface area (Å²) in [5.41, 5.74) is 3.06. The van der Waals surface area contributed by atoms with Crippen LogP contribution in [-0.2, 0) is 4.79 Å². The first-order valence-electron chi connectivity index (χ1n) is 6.11. The molecule has 2 N–H and O–H groups in total. The van der Waals surface area contributed by atoms with E-state index in [-0.39, 0.29) is 5.92 Å². The number of carbonyl (C=O) groups is 1. The van der Waals surface area contributed by atoms with E-state index < -0.39 is 5.97 Å². The van der Waals surface area contributed by atoms with Crippen molar-refractivity contribution in [3.05, 3.63) is 23.3 Å². The summed E-state index contributed by atoms with van der Waals surface area (Å²) in [5.74, 6) is -0.392. The highest BCUT2D eigenvalue weighted by Gasteiger charge is 2.16. The second kappa shape index (κ2) is 6.28. The van der Waals surface area contributed by atoms with Crippen LogP contribution in [0.3, 0.4) is 0 Å². The standard InChI is InChI=1S/C14H21NO3/c1-5-11(14(16)17)8-15-13-10(3)6-9(2)7-12(13)18-4/h6-7,11,15H,5,8H2,1-4H3,(H,16,17). The molecule has 0 bridgehead atoms. The summed E-state index contributed by atoms with van der Waals surface area (Å²) in [4.78, 5) is 11.0. The summed E-state index contributed by atoms with van der Waals surface area (Å²) < 4.78 is 5.32. The summed E-state index contributed by atoms with van der Waals surface area (Å²) >= 11 is 0. The quantitative estimate of drug-likeness (QED) is 0.816. The van der Waals surface area contributed by atoms with E-state index in [1.54, 1.807) is 7.11 Å². The molecular weight excluding hydrogens is 230 g/mol. The Bertz CT molecular complexity index is 429. The molecule has 0 aliphatic carbocycles. The van der Waals surface area contributed by atoms with Gasteiger partial charge in [-0.1, -0.05) is 13.0 Å². The molecule has 0 saturated heterocycles. The molecule has 0 spiro atoms. The molecule has 0 heterocycles. The van der Waals surface area contributed by atoms with Crippen LogP contribution >= 0.6 is 0 Å². The van der Waals surface area contributed by atoms with E-state index in [1.165, 1.54) is 0 Å². The van der Waals surface area contributed by atoms with Gasteiger partial charge in [-0.05, 0) is 37.5 Å². The summed E-state index contributed by atoms with van der Waals surface area (Å²) in [7, 11) is 1.62. The number of rotatable bonds is 6. The Kier molecular flexibility index (Phi) is 5.01. The number of hydrogen-bond donors (Lipinski definition) is 2. The minimum atomic E-state index is -0.770. The molecule has 1 aromatic rings. The van der Waals surface area contributed by atoms with Gasteiger partial charge in [-0.15, -0.1) is 0 Å². The molecule has 0 aliphatic rings. The second-order valence-electron chi connectivity index (χ2n) is 4.48. The number of aliphatic carboxylic acids is 1. The van der Waals surface area contributed by atoms with Gasteiger partial charge in [0.2, 0.25) is 0 Å². The van der Waals surface area contributed by atoms with Crippen molar-refractivity contribution >= 4 is 11.7 Å². The van der Waals surface area contributed by atoms with Crippen molar-refractivity contribution in [2.75, 3.05) is 19.0 Å². The predicted molar refractivity (Wildman–Crippen MR) is 72.4 cm³/mol. The van der Waals surface area contributed by atoms with Gasteiger partial charge in [0.25, 0.3) is 0 Å². The van der Waals surface area contributed by atoms with Crippen LogP contribution in [-0.4, -0.2) is 24.7 Å². The number of anilines is 1. The van der Waals surface area contributed by atoms with Crippen molar-refractivity contribution in [1.82, 2.24) is 0 Å². The average Bonchev–Trinajstić information content (AvgIpc) is 2.31. The number of ether oxygens (including phenoxy) is 1. The zero-order valence-corrected chi connectivity index (χ0v) is 11.4. The number of hydrogen-bond acceptors (Lipinski definition) is 3. The van der Waals surface area contributed by atoms with E-state index in [0.29, 0.717) is 13.0 Å². The van der Waals surface area contributed by atoms with Crippen molar-refractivity contribution in [2.24, 2.45) is 5.92 Å². The zero-order chi connectivity index (χ0) is 13.7. The lowest BCUT2D eigenvalue weighted by atomic mass is 10.1. The van der Waals surface area contributed by atoms with Crippen molar-refractivity contribution in [3.8, 4) is 5.75 Å². The first-order chi connectivity index (χ1) is 8.49. The fourth-order valence-corrected chi connectivity index (χ4v) is 1.95. The van der Waals surface area contributed by atoms with Gasteiger partial charge in [-0.3, -0.25) is 4.79 Å². The fraction of sp³-hybridized carbons (Fsp3) is 0.500. The van der Waals surface area contributed by atoms with E-state index in [2.05, 4.69) is 5.32 Å². The topological polar surface area (TPSA) is 58.6 Å². The molecule has 0 fully saturated rings. The van der Waals surface area contributed by atoms with Gasteiger partial charge in [-0.25, -0.2) is 0 Å². The molecule has 1 unspecified atom stereocenters. The highest BCUT2D eigenvalue weighted by atomic mass is 16.5. The van der Waals surface area contributed by atoms with E-state index in [9.17, 15) is 4.79 Å². The molecule has 4 nitrogen and oxygen atoms in total. The van der Waals surface area contributed by atoms with Crippen molar-refractivity contribution in [2.45, 2.75) is 27.2 Å². The van der Waals surface area contributed by atoms with E-state index in [4.69, 9.17) is 9.84 Å². The lowest BCUT2D eigenvalue weighted by Crippen LogP contribution is -2.22. The molecule has 18 heavy (non-hydrogen) atoms. The minimum absolute atomic E-state index is 0.379. The van der Waals surface area contributed by atoms with Crippen LogP contribution in [0.25, 0.3) is 0 Å². The Morgan fingerprint density at radius 2 is 2.11 bits per heavy atom. The van der Waals surface area contributed by atoms with Gasteiger partial charge >= 0.3 is 5.97 Å². The summed E-state index contributed by atoms with van der Waals surface area (Å²) in [6, 6.07) is 3.99. The number of carboxylic acid groups (broad SMARTS) is 1. The first kappa shape index (κ1) is 14.4. The van der Waals surface area contributed by atoms with Gasteiger partial charge in [0, 0.05) is 6.54 Å². The molecule has 1 aromatic carbocycles. The van der Waals surface area contributed by atoms with Crippen molar-refractivity contribution < 1.29 is 14.6 Å². The number of methoxy groups -OCH3 is 1. The third-order valence-corrected chi connectivity index (χ3v) is 3.03. The smallest absolute Gasteiger partial charge is 0.308 e. The maximum atomic E-state index is 11.0. The van der Waals surface area contributed by atoms with Gasteiger partial charge in [-0.2, -0.15) is 0 Å². The van der Waals surface area contributed by atoms with Crippen LogP contribution in [0, 0.1) is 19.8 Å². The third kappa shape index (κ3) is 3.39. The largest absolute Gasteiger partial charge is 0.495 e. The predicted octanol–water partition coefficient (Wildman–Crippen LogP) is 2.83. The van der Waals surface area contributed by atoms with Crippen LogP contribution in [0.4, 0.5) is 5.69 Å². The molecule has 0 amide bonds. The Morgan fingerprint density at radius 3 is 2.61 bits per heavy atom. The van der Waals surface area contributed by atoms with Crippen molar-refractivity contribution in [3.63, 3.8) is 0 Å². The molecule has 1 rings (SSSR count). The molecule has 4 heteroatoms. The summed E-state index contributed by atoms with van der Waals surface area (Å²) in [5, 5.41) is 12.2. The Balaban J connectivity index is 2.87. The molecule has 0 saturated carbocycles. The summed E-state index contributed by atoms with van der Waals surface area (Å²) in [6.45, 7) is 6.27. The number of aryl methyl sites for hydroxylation is 2. The van der Waals surface area contributed by atoms with Crippen LogP contribution in [0.5, 0.6) is 5.75 Å². The van der Waals surface area contributed by atoms with Crippen LogP contribution in [0.2, 0.25) is 0 Å². The van der Waals surface area contributed by atoms with Crippen molar-refractivity contribution in [1.29, 1.82) is 0 Å². The normalized spacial score (nSPS) is 12.0. The minimum Gasteiger partial charge on any atom is -0.495 e. The number of nitrogens with one attached hydrogen (secondary N) is 1. The Labute approximate surface area is 108 Å².